The Morgan fingerprint density at radius 1 is 1.22 bits per heavy atom. The van der Waals surface area contributed by atoms with Crippen LogP contribution in [-0.2, 0) is 27.3 Å². The number of nitrogens with zero attached hydrogens (tertiary/aromatic N) is 1. The van der Waals surface area contributed by atoms with Gasteiger partial charge >= 0.3 is 0 Å². The number of nitrogens with one attached hydrogen (secondary N) is 1. The first-order valence-corrected chi connectivity index (χ1v) is 9.05. The Morgan fingerprint density at radius 3 is 3.04 bits per heavy atom. The number of benzene rings is 1. The van der Waals surface area contributed by atoms with Gasteiger partial charge in [-0.1, -0.05) is 12.1 Å². The molecule has 0 radical (unpaired) electrons. The van der Waals surface area contributed by atoms with Crippen molar-refractivity contribution in [2.24, 2.45) is 0 Å². The second kappa shape index (κ2) is 8.37. The fourth-order valence-electron chi connectivity index (χ4n) is 3.21. The molecule has 0 spiro atoms. The average molecular weight is 370 g/mol. The van der Waals surface area contributed by atoms with Crippen LogP contribution in [0.25, 0.3) is 0 Å². The monoisotopic (exact) mass is 370 g/mol. The van der Waals surface area contributed by atoms with E-state index in [0.29, 0.717) is 31.3 Å². The normalized spacial score (nSPS) is 21.0. The number of rotatable bonds is 6. The Labute approximate surface area is 157 Å². The fourth-order valence-corrected chi connectivity index (χ4v) is 3.21. The molecule has 0 bridgehead atoms. The third-order valence-electron chi connectivity index (χ3n) is 4.62. The van der Waals surface area contributed by atoms with Crippen LogP contribution >= 0.6 is 0 Å². The van der Waals surface area contributed by atoms with E-state index in [1.54, 1.807) is 6.20 Å². The van der Waals surface area contributed by atoms with Crippen LogP contribution in [0, 0.1) is 0 Å². The zero-order valence-electron chi connectivity index (χ0n) is 14.9. The zero-order valence-corrected chi connectivity index (χ0v) is 14.9. The van der Waals surface area contributed by atoms with Gasteiger partial charge in [-0.3, -0.25) is 9.78 Å². The summed E-state index contributed by atoms with van der Waals surface area (Å²) < 4.78 is 22.1. The van der Waals surface area contributed by atoms with Gasteiger partial charge in [-0.15, -0.1) is 0 Å². The van der Waals surface area contributed by atoms with E-state index in [1.165, 1.54) is 0 Å². The molecule has 2 aliphatic rings. The minimum atomic E-state index is -0.193. The number of aromatic nitrogens is 1. The number of hydrogen-bond donors (Lipinski definition) is 1. The molecule has 2 atom stereocenters. The second-order valence-electron chi connectivity index (χ2n) is 6.57. The summed E-state index contributed by atoms with van der Waals surface area (Å²) in [6.07, 6.45) is 2.54. The van der Waals surface area contributed by atoms with E-state index in [9.17, 15) is 4.79 Å². The molecule has 142 valence electrons. The van der Waals surface area contributed by atoms with Gasteiger partial charge in [0.2, 0.25) is 12.7 Å². The van der Waals surface area contributed by atoms with Crippen molar-refractivity contribution in [2.75, 3.05) is 20.0 Å². The standard InChI is InChI=1S/C20H22N2O5/c23-20(10-14-4-5-17-18(9-14)27-13-26-17)22-16-6-8-24-12-19(16)25-11-15-3-1-2-7-21-15/h1-5,7,9,16,19H,6,8,10-13H2,(H,22,23)/t16-,19-/m1/s1. The molecule has 0 aliphatic carbocycles. The minimum absolute atomic E-state index is 0.0489. The predicted molar refractivity (Wildman–Crippen MR) is 96.4 cm³/mol. The molecule has 27 heavy (non-hydrogen) atoms. The highest BCUT2D eigenvalue weighted by atomic mass is 16.7. The summed E-state index contributed by atoms with van der Waals surface area (Å²) in [6.45, 7) is 1.69. The summed E-state index contributed by atoms with van der Waals surface area (Å²) in [5.74, 6) is 1.35. The third kappa shape index (κ3) is 4.56. The lowest BCUT2D eigenvalue weighted by molar-refractivity contribution is -0.126. The molecule has 4 rings (SSSR count). The summed E-state index contributed by atoms with van der Waals surface area (Å²) in [5.41, 5.74) is 1.74. The summed E-state index contributed by atoms with van der Waals surface area (Å²) in [4.78, 5) is 16.8. The van der Waals surface area contributed by atoms with Crippen LogP contribution < -0.4 is 14.8 Å². The molecule has 1 aromatic carbocycles. The maximum Gasteiger partial charge on any atom is 0.231 e. The molecule has 2 aliphatic heterocycles. The van der Waals surface area contributed by atoms with Crippen LogP contribution in [0.3, 0.4) is 0 Å². The van der Waals surface area contributed by atoms with Crippen LogP contribution in [0.5, 0.6) is 11.5 Å². The molecular formula is C20H22N2O5. The number of amides is 1. The molecular weight excluding hydrogens is 348 g/mol. The van der Waals surface area contributed by atoms with E-state index in [-0.39, 0.29) is 31.3 Å². The number of pyridine rings is 1. The Morgan fingerprint density at radius 2 is 2.15 bits per heavy atom. The maximum atomic E-state index is 12.5. The topological polar surface area (TPSA) is 78.9 Å². The predicted octanol–water partition coefficient (Wildman–Crippen LogP) is 1.84. The summed E-state index contributed by atoms with van der Waals surface area (Å²) in [7, 11) is 0. The van der Waals surface area contributed by atoms with Crippen molar-refractivity contribution >= 4 is 5.91 Å². The molecule has 1 N–H and O–H groups in total. The molecule has 7 nitrogen and oxygen atoms in total. The van der Waals surface area contributed by atoms with Crippen molar-refractivity contribution in [3.05, 3.63) is 53.9 Å². The molecule has 7 heteroatoms. The highest BCUT2D eigenvalue weighted by molar-refractivity contribution is 5.79. The lowest BCUT2D eigenvalue weighted by Crippen LogP contribution is -2.50. The van der Waals surface area contributed by atoms with Crippen molar-refractivity contribution in [1.29, 1.82) is 0 Å². The van der Waals surface area contributed by atoms with Gasteiger partial charge in [0.1, 0.15) is 6.10 Å². The van der Waals surface area contributed by atoms with Crippen molar-refractivity contribution in [3.8, 4) is 11.5 Å². The Hall–Kier alpha value is -2.64. The second-order valence-corrected chi connectivity index (χ2v) is 6.57. The van der Waals surface area contributed by atoms with Crippen molar-refractivity contribution in [2.45, 2.75) is 31.6 Å². The quantitative estimate of drug-likeness (QED) is 0.836. The van der Waals surface area contributed by atoms with Gasteiger partial charge in [-0.05, 0) is 36.2 Å². The van der Waals surface area contributed by atoms with E-state index in [1.807, 2.05) is 36.4 Å². The smallest absolute Gasteiger partial charge is 0.231 e. The Kier molecular flexibility index (Phi) is 5.50. The van der Waals surface area contributed by atoms with Gasteiger partial charge in [-0.2, -0.15) is 0 Å². The number of carbonyl (C=O) groups is 1. The zero-order chi connectivity index (χ0) is 18.5. The third-order valence-corrected chi connectivity index (χ3v) is 4.62. The van der Waals surface area contributed by atoms with Crippen molar-refractivity contribution in [1.82, 2.24) is 10.3 Å². The van der Waals surface area contributed by atoms with Crippen molar-refractivity contribution in [3.63, 3.8) is 0 Å². The van der Waals surface area contributed by atoms with Gasteiger partial charge in [0.05, 0.1) is 31.4 Å². The highest BCUT2D eigenvalue weighted by Gasteiger charge is 2.28. The lowest BCUT2D eigenvalue weighted by Gasteiger charge is -2.32. The van der Waals surface area contributed by atoms with Crippen LogP contribution in [0.4, 0.5) is 0 Å². The highest BCUT2D eigenvalue weighted by Crippen LogP contribution is 2.32. The van der Waals surface area contributed by atoms with Crippen LogP contribution in [0.1, 0.15) is 17.7 Å². The fraction of sp³-hybridized carbons (Fsp3) is 0.400. The average Bonchev–Trinajstić information content (AvgIpc) is 3.16. The van der Waals surface area contributed by atoms with Crippen molar-refractivity contribution < 1.29 is 23.7 Å². The van der Waals surface area contributed by atoms with Gasteiger partial charge < -0.3 is 24.3 Å². The Balaban J connectivity index is 1.32. The number of fused-ring (bicyclic) bond motifs is 1. The first kappa shape index (κ1) is 17.8. The maximum absolute atomic E-state index is 12.5. The SMILES string of the molecule is O=C(Cc1ccc2c(c1)OCO2)N[C@@H]1CCOC[C@H]1OCc1ccccn1. The van der Waals surface area contributed by atoms with E-state index in [4.69, 9.17) is 18.9 Å². The molecule has 1 amide bonds. The van der Waals surface area contributed by atoms with Crippen LogP contribution in [0.15, 0.2) is 42.6 Å². The van der Waals surface area contributed by atoms with E-state index in [2.05, 4.69) is 10.3 Å². The minimum Gasteiger partial charge on any atom is -0.454 e. The van der Waals surface area contributed by atoms with E-state index >= 15 is 0 Å². The van der Waals surface area contributed by atoms with Gasteiger partial charge in [0.25, 0.3) is 0 Å². The van der Waals surface area contributed by atoms with Gasteiger partial charge in [0, 0.05) is 12.8 Å². The summed E-state index contributed by atoms with van der Waals surface area (Å²) in [6, 6.07) is 11.2. The molecule has 1 saturated heterocycles. The largest absolute Gasteiger partial charge is 0.454 e. The number of carbonyl (C=O) groups excluding carboxylic acids is 1. The summed E-state index contributed by atoms with van der Waals surface area (Å²) in [5, 5.41) is 3.09. The number of ether oxygens (including phenoxy) is 4. The molecule has 0 saturated carbocycles. The van der Waals surface area contributed by atoms with E-state index < -0.39 is 0 Å². The lowest BCUT2D eigenvalue weighted by atomic mass is 10.0. The van der Waals surface area contributed by atoms with Crippen LogP contribution in [-0.4, -0.2) is 43.0 Å². The van der Waals surface area contributed by atoms with E-state index in [0.717, 1.165) is 17.7 Å². The molecule has 1 aromatic heterocycles. The van der Waals surface area contributed by atoms with Crippen LogP contribution in [0.2, 0.25) is 0 Å². The van der Waals surface area contributed by atoms with Gasteiger partial charge in [-0.25, -0.2) is 0 Å². The first-order valence-electron chi connectivity index (χ1n) is 9.05. The first-order chi connectivity index (χ1) is 13.3. The molecule has 2 aromatic rings. The Bertz CT molecular complexity index is 783. The number of hydrogen-bond acceptors (Lipinski definition) is 6. The molecule has 0 unspecified atom stereocenters. The molecule has 1 fully saturated rings. The summed E-state index contributed by atoms with van der Waals surface area (Å²) >= 11 is 0. The molecule has 3 heterocycles. The van der Waals surface area contributed by atoms with Gasteiger partial charge in [0.15, 0.2) is 11.5 Å².